The SMILES string of the molecule is [B][B][B].[C-]#[N+]c1ccc(C)c(-c2c3c(cc4c5ccccc5c5cccc3c54)c(-c3cc(C#N)ccc3C)c3c4cccc5cccc(c23)c54)c1. The normalized spacial score (nSPS) is 11.5. The Morgan fingerprint density at radius 3 is 1.75 bits per heavy atom. The molecule has 0 aromatic heterocycles. The van der Waals surface area contributed by atoms with Crippen LogP contribution in [0.4, 0.5) is 5.69 Å². The lowest BCUT2D eigenvalue weighted by atomic mass is 9.40. The summed E-state index contributed by atoms with van der Waals surface area (Å²) in [5.74, 6) is 0. The van der Waals surface area contributed by atoms with Crippen molar-refractivity contribution in [3.8, 4) is 28.3 Å². The van der Waals surface area contributed by atoms with Gasteiger partial charge in [-0.2, -0.15) is 5.26 Å². The van der Waals surface area contributed by atoms with Crippen molar-refractivity contribution in [1.82, 2.24) is 0 Å². The smallest absolute Gasteiger partial charge is 0.187 e. The molecule has 0 saturated heterocycles. The number of hydrogen-bond acceptors (Lipinski definition) is 1. The number of hydrogen-bond donors (Lipinski definition) is 0. The van der Waals surface area contributed by atoms with E-state index in [1.54, 1.807) is 0 Å². The topological polar surface area (TPSA) is 28.1 Å². The summed E-state index contributed by atoms with van der Waals surface area (Å²) < 4.78 is 0. The Labute approximate surface area is 299 Å². The highest BCUT2D eigenvalue weighted by molar-refractivity contribution is 7.17. The summed E-state index contributed by atoms with van der Waals surface area (Å²) in [4.78, 5) is 3.89. The van der Waals surface area contributed by atoms with Gasteiger partial charge in [-0.15, -0.1) is 0 Å². The Morgan fingerprint density at radius 1 is 0.529 bits per heavy atom. The molecule has 51 heavy (non-hydrogen) atoms. The quantitative estimate of drug-likeness (QED) is 0.105. The predicted octanol–water partition coefficient (Wildman–Crippen LogP) is 11.9. The summed E-state index contributed by atoms with van der Waals surface area (Å²) in [6, 6.07) is 45.7. The Bertz CT molecular complexity index is 3120. The predicted molar refractivity (Wildman–Crippen MR) is 220 cm³/mol. The van der Waals surface area contributed by atoms with Crippen LogP contribution in [-0.2, 0) is 0 Å². The summed E-state index contributed by atoms with van der Waals surface area (Å²) in [5.41, 5.74) is 8.03. The molecule has 5 heteroatoms. The minimum Gasteiger partial charge on any atom is -0.238 e. The lowest BCUT2D eigenvalue weighted by Gasteiger charge is -2.21. The Balaban J connectivity index is 0.00000112. The van der Waals surface area contributed by atoms with Gasteiger partial charge in [-0.25, -0.2) is 4.85 Å². The van der Waals surface area contributed by atoms with Crippen LogP contribution in [0.15, 0.2) is 121 Å². The van der Waals surface area contributed by atoms with Crippen LogP contribution in [0, 0.1) is 31.8 Å². The van der Waals surface area contributed by atoms with Gasteiger partial charge < -0.3 is 0 Å². The van der Waals surface area contributed by atoms with Gasteiger partial charge in [-0.3, -0.25) is 0 Å². The van der Waals surface area contributed by atoms with E-state index in [1.165, 1.54) is 75.6 Å². The van der Waals surface area contributed by atoms with Crippen LogP contribution in [0.3, 0.4) is 0 Å². The second-order valence-corrected chi connectivity index (χ2v) is 13.3. The maximum atomic E-state index is 10.1. The van der Waals surface area contributed by atoms with Crippen molar-refractivity contribution in [1.29, 1.82) is 5.26 Å². The number of nitriles is 1. The molecule has 2 nitrogen and oxygen atoms in total. The van der Waals surface area contributed by atoms with Crippen molar-refractivity contribution in [3.05, 3.63) is 149 Å². The largest absolute Gasteiger partial charge is 0.238 e. The molecule has 0 unspecified atom stereocenters. The van der Waals surface area contributed by atoms with E-state index in [9.17, 15) is 5.26 Å². The van der Waals surface area contributed by atoms with E-state index in [1.807, 2.05) is 12.1 Å². The molecule has 0 aliphatic rings. The third kappa shape index (κ3) is 4.32. The fourth-order valence-electron chi connectivity index (χ4n) is 8.61. The van der Waals surface area contributed by atoms with Gasteiger partial charge in [0, 0.05) is 22.5 Å². The van der Waals surface area contributed by atoms with E-state index < -0.39 is 0 Å². The van der Waals surface area contributed by atoms with Crippen molar-refractivity contribution in [2.24, 2.45) is 0 Å². The van der Waals surface area contributed by atoms with E-state index in [4.69, 9.17) is 6.57 Å². The maximum Gasteiger partial charge on any atom is 0.187 e. The number of benzene rings is 8. The highest BCUT2D eigenvalue weighted by atomic mass is 14.6. The van der Waals surface area contributed by atoms with Crippen LogP contribution in [0.25, 0.3) is 103 Å². The van der Waals surface area contributed by atoms with Gasteiger partial charge >= 0.3 is 0 Å². The van der Waals surface area contributed by atoms with Gasteiger partial charge in [0.15, 0.2) is 5.69 Å². The van der Waals surface area contributed by atoms with Gasteiger partial charge in [0.05, 0.1) is 18.2 Å². The van der Waals surface area contributed by atoms with E-state index in [2.05, 4.69) is 149 Å². The van der Waals surface area contributed by atoms with Crippen LogP contribution in [-0.4, -0.2) is 22.5 Å². The summed E-state index contributed by atoms with van der Waals surface area (Å²) in [7, 11) is 10.0. The first-order valence-electron chi connectivity index (χ1n) is 17.0. The lowest BCUT2D eigenvalue weighted by Crippen LogP contribution is -1.94. The Hall–Kier alpha value is -6.29. The zero-order valence-electron chi connectivity index (χ0n) is 28.2. The van der Waals surface area contributed by atoms with Crippen molar-refractivity contribution >= 4 is 104 Å². The first-order chi connectivity index (χ1) is 25.0. The van der Waals surface area contributed by atoms with Crippen LogP contribution >= 0.6 is 0 Å². The van der Waals surface area contributed by atoms with Gasteiger partial charge in [-0.05, 0) is 147 Å². The summed E-state index contributed by atoms with van der Waals surface area (Å²) >= 11 is 0. The molecule has 229 valence electrons. The molecule has 0 aliphatic carbocycles. The van der Waals surface area contributed by atoms with E-state index in [0.29, 0.717) is 11.3 Å². The Morgan fingerprint density at radius 2 is 1.08 bits per heavy atom. The van der Waals surface area contributed by atoms with E-state index in [0.717, 1.165) is 40.3 Å². The van der Waals surface area contributed by atoms with Crippen LogP contribution in [0.5, 0.6) is 0 Å². The third-order valence-corrected chi connectivity index (χ3v) is 10.6. The molecule has 5 radical (unpaired) electrons. The fraction of sp³-hybridized carbons (Fsp3) is 0.0435. The van der Waals surface area contributed by atoms with E-state index >= 15 is 0 Å². The third-order valence-electron chi connectivity index (χ3n) is 10.6. The van der Waals surface area contributed by atoms with Crippen molar-refractivity contribution in [3.63, 3.8) is 0 Å². The highest BCUT2D eigenvalue weighted by Gasteiger charge is 2.27. The minimum absolute atomic E-state index is 0.631. The van der Waals surface area contributed by atoms with E-state index in [-0.39, 0.29) is 0 Å². The highest BCUT2D eigenvalue weighted by Crippen LogP contribution is 2.55. The van der Waals surface area contributed by atoms with Gasteiger partial charge in [0.2, 0.25) is 0 Å². The lowest BCUT2D eigenvalue weighted by molar-refractivity contribution is 1.43. The second kappa shape index (κ2) is 11.7. The van der Waals surface area contributed by atoms with Crippen LogP contribution in [0.2, 0.25) is 0 Å². The average Bonchev–Trinajstić information content (AvgIpc) is 3.67. The first-order valence-corrected chi connectivity index (χ1v) is 17.0. The molecule has 0 saturated carbocycles. The van der Waals surface area contributed by atoms with Crippen molar-refractivity contribution < 1.29 is 0 Å². The van der Waals surface area contributed by atoms with Crippen molar-refractivity contribution in [2.45, 2.75) is 13.8 Å². The molecular formula is C46H26B3N2. The van der Waals surface area contributed by atoms with Gasteiger partial charge in [-0.1, -0.05) is 97.1 Å². The number of rotatable bonds is 2. The first kappa shape index (κ1) is 30.7. The molecule has 0 amide bonds. The number of aryl methyl sites for hydroxylation is 2. The summed E-state index contributed by atoms with van der Waals surface area (Å²) in [6.07, 6.45) is 0. The molecule has 0 aliphatic heterocycles. The second-order valence-electron chi connectivity index (χ2n) is 13.3. The average molecular weight is 639 g/mol. The Kier molecular flexibility index (Phi) is 7.03. The zero-order valence-corrected chi connectivity index (χ0v) is 28.2. The van der Waals surface area contributed by atoms with Gasteiger partial charge in [0.25, 0.3) is 0 Å². The summed E-state index contributed by atoms with van der Waals surface area (Å²) in [5, 5.41) is 27.2. The standard InChI is InChI=1S/C46H26N2.B3/c1-25-17-19-27(24-47)21-36(25)43-39-23-38-31-12-5-4-11-30(31)32-13-8-16-35(41(32)38)42(39)46(37-22-29(48-3)20-18-26(37)2)45-34-15-7-10-28-9-6-14-33(40(28)34)44(43)45;1-3-2/h4-23H,1-2H3;. The van der Waals surface area contributed by atoms with Crippen molar-refractivity contribution in [2.75, 3.05) is 0 Å². The van der Waals surface area contributed by atoms with Crippen LogP contribution < -0.4 is 0 Å². The maximum absolute atomic E-state index is 10.1. The molecule has 0 N–H and O–H groups in total. The molecule has 0 fully saturated rings. The molecule has 10 aromatic carbocycles. The van der Waals surface area contributed by atoms with Gasteiger partial charge in [0.1, 0.15) is 0 Å². The monoisotopic (exact) mass is 639 g/mol. The molecule has 0 atom stereocenters. The van der Waals surface area contributed by atoms with Crippen LogP contribution in [0.1, 0.15) is 16.7 Å². The summed E-state index contributed by atoms with van der Waals surface area (Å²) in [6.45, 7) is 12.3. The minimum atomic E-state index is 0.631. The molecular weight excluding hydrogens is 613 g/mol. The number of nitrogens with zero attached hydrogens (tertiary/aromatic N) is 2. The number of fused-ring (bicyclic) bond motifs is 8. The molecule has 10 rings (SSSR count). The molecule has 10 aromatic rings. The fourth-order valence-corrected chi connectivity index (χ4v) is 8.61. The molecule has 0 spiro atoms. The molecule has 0 heterocycles. The zero-order chi connectivity index (χ0) is 35.0. The molecule has 0 bridgehead atoms.